The second kappa shape index (κ2) is 11.1. The fourth-order valence-corrected chi connectivity index (χ4v) is 9.01. The quantitative estimate of drug-likeness (QED) is 0.169. The van der Waals surface area contributed by atoms with Crippen LogP contribution in [-0.4, -0.2) is 19.1 Å². The van der Waals surface area contributed by atoms with Gasteiger partial charge in [-0.05, 0) is 140 Å². The Morgan fingerprint density at radius 2 is 0.685 bits per heavy atom. The number of hydrogen-bond acceptors (Lipinski definition) is 2. The molecule has 8 aromatic carbocycles. The van der Waals surface area contributed by atoms with Crippen molar-refractivity contribution in [2.24, 2.45) is 0 Å². The monoisotopic (exact) mass is 686 g/mol. The molecule has 250 valence electrons. The molecular formula is C50H30N4. The normalized spacial score (nSPS) is 12.1. The predicted octanol–water partition coefficient (Wildman–Crippen LogP) is 12.9. The van der Waals surface area contributed by atoms with Crippen molar-refractivity contribution in [1.29, 1.82) is 0 Å². The standard InChI is InChI=1S/C50H30N4/c1-7-35(27-41(9-1)53-43-11-3-5-33-13-15-37-25-39(31-17-21-51-22-18-31)29-45(53)49(37)47(33)43)36-8-2-10-42(28-36)54-44-12-4-6-34-14-16-38-26-40(32-19-23-52-24-20-32)30-46(54)50(38)48(34)44/h1-30H. The minimum Gasteiger partial charge on any atom is -0.309 e. The van der Waals surface area contributed by atoms with E-state index in [-0.39, 0.29) is 0 Å². The lowest BCUT2D eigenvalue weighted by molar-refractivity contribution is 1.18. The van der Waals surface area contributed by atoms with E-state index in [0.717, 1.165) is 22.5 Å². The number of hydrogen-bond donors (Lipinski definition) is 0. The molecule has 0 fully saturated rings. The lowest BCUT2D eigenvalue weighted by Gasteiger charge is -2.13. The van der Waals surface area contributed by atoms with Gasteiger partial charge in [0.1, 0.15) is 0 Å². The van der Waals surface area contributed by atoms with Crippen molar-refractivity contribution in [2.75, 3.05) is 0 Å². The first-order chi connectivity index (χ1) is 26.8. The van der Waals surface area contributed by atoms with Crippen molar-refractivity contribution in [1.82, 2.24) is 19.1 Å². The molecule has 0 unspecified atom stereocenters. The molecule has 4 nitrogen and oxygen atoms in total. The molecule has 0 saturated carbocycles. The summed E-state index contributed by atoms with van der Waals surface area (Å²) in [5, 5.41) is 10.2. The summed E-state index contributed by atoms with van der Waals surface area (Å²) in [7, 11) is 0. The molecule has 0 bridgehead atoms. The van der Waals surface area contributed by atoms with Crippen molar-refractivity contribution >= 4 is 65.2 Å². The highest BCUT2D eigenvalue weighted by atomic mass is 15.0. The van der Waals surface area contributed by atoms with E-state index in [1.54, 1.807) is 0 Å². The van der Waals surface area contributed by atoms with Crippen LogP contribution >= 0.6 is 0 Å². The van der Waals surface area contributed by atoms with E-state index in [1.807, 2.05) is 24.8 Å². The molecule has 0 saturated heterocycles. The summed E-state index contributed by atoms with van der Waals surface area (Å²) in [4.78, 5) is 8.55. The SMILES string of the molecule is c1cc(-c2cccc(-n3c4cccc5ccc6cc(-c7ccncc7)cc3c6c54)c2)cc(-n2c3cccc4ccc5cc(-c6ccncc6)cc2c5c43)c1. The van der Waals surface area contributed by atoms with Crippen LogP contribution in [0.1, 0.15) is 0 Å². The molecule has 4 aromatic heterocycles. The molecule has 0 radical (unpaired) electrons. The second-order valence-electron chi connectivity index (χ2n) is 14.3. The molecule has 12 rings (SSSR count). The van der Waals surface area contributed by atoms with Gasteiger partial charge in [-0.25, -0.2) is 0 Å². The molecule has 4 heterocycles. The molecule has 0 spiro atoms. The van der Waals surface area contributed by atoms with Crippen molar-refractivity contribution in [3.05, 3.63) is 183 Å². The van der Waals surface area contributed by atoms with Crippen LogP contribution in [0.15, 0.2) is 183 Å². The Labute approximate surface area is 310 Å². The van der Waals surface area contributed by atoms with E-state index in [0.29, 0.717) is 0 Å². The number of aromatic nitrogens is 4. The van der Waals surface area contributed by atoms with Crippen LogP contribution in [0.5, 0.6) is 0 Å². The molecule has 0 aliphatic rings. The summed E-state index contributed by atoms with van der Waals surface area (Å²) in [5.41, 5.74) is 14.2. The van der Waals surface area contributed by atoms with Gasteiger partial charge in [0.2, 0.25) is 0 Å². The van der Waals surface area contributed by atoms with Gasteiger partial charge >= 0.3 is 0 Å². The van der Waals surface area contributed by atoms with Crippen LogP contribution in [0.3, 0.4) is 0 Å². The van der Waals surface area contributed by atoms with E-state index in [1.165, 1.54) is 87.4 Å². The van der Waals surface area contributed by atoms with E-state index in [4.69, 9.17) is 0 Å². The molecule has 54 heavy (non-hydrogen) atoms. The maximum absolute atomic E-state index is 4.28. The minimum atomic E-state index is 1.14. The molecule has 0 aliphatic heterocycles. The number of benzene rings is 8. The third-order valence-electron chi connectivity index (χ3n) is 11.4. The van der Waals surface area contributed by atoms with E-state index in [9.17, 15) is 0 Å². The largest absolute Gasteiger partial charge is 0.309 e. The third kappa shape index (κ3) is 4.19. The number of rotatable bonds is 5. The van der Waals surface area contributed by atoms with E-state index in [2.05, 4.69) is 177 Å². The van der Waals surface area contributed by atoms with Crippen LogP contribution in [0.25, 0.3) is 110 Å². The Kier molecular flexibility index (Phi) is 6.02. The van der Waals surface area contributed by atoms with Crippen molar-refractivity contribution in [3.63, 3.8) is 0 Å². The first-order valence-electron chi connectivity index (χ1n) is 18.4. The van der Waals surface area contributed by atoms with Gasteiger partial charge in [-0.1, -0.05) is 72.8 Å². The lowest BCUT2D eigenvalue weighted by atomic mass is 9.98. The van der Waals surface area contributed by atoms with Gasteiger partial charge in [0, 0.05) is 57.7 Å². The van der Waals surface area contributed by atoms with Crippen LogP contribution in [0, 0.1) is 0 Å². The first-order valence-corrected chi connectivity index (χ1v) is 18.4. The van der Waals surface area contributed by atoms with Gasteiger partial charge in [0.15, 0.2) is 0 Å². The van der Waals surface area contributed by atoms with Gasteiger partial charge < -0.3 is 9.13 Å². The molecule has 0 aliphatic carbocycles. The maximum Gasteiger partial charge on any atom is 0.0553 e. The summed E-state index contributed by atoms with van der Waals surface area (Å²) >= 11 is 0. The van der Waals surface area contributed by atoms with Gasteiger partial charge in [-0.3, -0.25) is 9.97 Å². The summed E-state index contributed by atoms with van der Waals surface area (Å²) in [5.74, 6) is 0. The zero-order chi connectivity index (χ0) is 35.3. The molecular weight excluding hydrogens is 657 g/mol. The summed E-state index contributed by atoms with van der Waals surface area (Å²) in [6.07, 6.45) is 7.48. The Morgan fingerprint density at radius 1 is 0.278 bits per heavy atom. The fraction of sp³-hybridized carbons (Fsp3) is 0. The molecule has 0 amide bonds. The summed E-state index contributed by atoms with van der Waals surface area (Å²) in [6.45, 7) is 0. The van der Waals surface area contributed by atoms with Crippen LogP contribution in [0.4, 0.5) is 0 Å². The molecule has 4 heteroatoms. The van der Waals surface area contributed by atoms with E-state index < -0.39 is 0 Å². The van der Waals surface area contributed by atoms with Gasteiger partial charge in [-0.15, -0.1) is 0 Å². The highest BCUT2D eigenvalue weighted by Crippen LogP contribution is 2.43. The molecule has 0 N–H and O–H groups in total. The number of nitrogens with zero attached hydrogens (tertiary/aromatic N) is 4. The Morgan fingerprint density at radius 3 is 1.15 bits per heavy atom. The fourth-order valence-electron chi connectivity index (χ4n) is 9.01. The second-order valence-corrected chi connectivity index (χ2v) is 14.3. The first kappa shape index (κ1) is 29.3. The van der Waals surface area contributed by atoms with Crippen LogP contribution < -0.4 is 0 Å². The van der Waals surface area contributed by atoms with Gasteiger partial charge in [0.05, 0.1) is 22.1 Å². The van der Waals surface area contributed by atoms with Gasteiger partial charge in [0.25, 0.3) is 0 Å². The number of pyridine rings is 2. The van der Waals surface area contributed by atoms with Crippen molar-refractivity contribution in [2.45, 2.75) is 0 Å². The summed E-state index contributed by atoms with van der Waals surface area (Å²) < 4.78 is 4.89. The average Bonchev–Trinajstić information content (AvgIpc) is 3.77. The Balaban J connectivity index is 1.06. The lowest BCUT2D eigenvalue weighted by Crippen LogP contribution is -1.96. The zero-order valence-electron chi connectivity index (χ0n) is 29.1. The maximum atomic E-state index is 4.28. The highest BCUT2D eigenvalue weighted by molar-refractivity contribution is 6.26. The van der Waals surface area contributed by atoms with Gasteiger partial charge in [-0.2, -0.15) is 0 Å². The van der Waals surface area contributed by atoms with Crippen LogP contribution in [-0.2, 0) is 0 Å². The topological polar surface area (TPSA) is 35.6 Å². The zero-order valence-corrected chi connectivity index (χ0v) is 29.1. The Hall–Kier alpha value is -7.30. The average molecular weight is 687 g/mol. The third-order valence-corrected chi connectivity index (χ3v) is 11.4. The molecule has 0 atom stereocenters. The van der Waals surface area contributed by atoms with E-state index >= 15 is 0 Å². The highest BCUT2D eigenvalue weighted by Gasteiger charge is 2.20. The van der Waals surface area contributed by atoms with Crippen LogP contribution in [0.2, 0.25) is 0 Å². The minimum absolute atomic E-state index is 1.14. The van der Waals surface area contributed by atoms with Crippen molar-refractivity contribution < 1.29 is 0 Å². The van der Waals surface area contributed by atoms with Crippen molar-refractivity contribution in [3.8, 4) is 44.8 Å². The Bertz CT molecular complexity index is 3140. The molecule has 12 aromatic rings. The smallest absolute Gasteiger partial charge is 0.0553 e. The predicted molar refractivity (Wildman–Crippen MR) is 224 cm³/mol. The summed E-state index contributed by atoms with van der Waals surface area (Å²) in [6, 6.07) is 58.0.